The monoisotopic (exact) mass is 437 g/mol. The maximum Gasteiger partial charge on any atom is 0.240 e. The molecular weight excluding hydrogens is 426 g/mol. The van der Waals surface area contributed by atoms with Crippen molar-refractivity contribution in [1.82, 2.24) is 4.72 Å². The van der Waals surface area contributed by atoms with E-state index in [-0.39, 0.29) is 0 Å². The van der Waals surface area contributed by atoms with Gasteiger partial charge in [0, 0.05) is 16.8 Å². The van der Waals surface area contributed by atoms with Crippen LogP contribution >= 0.6 is 43.2 Å². The highest BCUT2D eigenvalue weighted by atomic mass is 79.9. The van der Waals surface area contributed by atoms with E-state index < -0.39 is 10.0 Å². The van der Waals surface area contributed by atoms with Crippen LogP contribution in [0.5, 0.6) is 0 Å². The zero-order chi connectivity index (χ0) is 14.6. The Hall–Kier alpha value is -0.210. The van der Waals surface area contributed by atoms with Crippen LogP contribution in [0.1, 0.15) is 10.4 Å². The summed E-state index contributed by atoms with van der Waals surface area (Å²) in [6.45, 7) is 0.398. The van der Waals surface area contributed by atoms with Gasteiger partial charge in [0.15, 0.2) is 0 Å². The van der Waals surface area contributed by atoms with Crippen LogP contribution in [0.25, 0.3) is 0 Å². The highest BCUT2D eigenvalue weighted by molar-refractivity contribution is 9.11. The third-order valence-corrected chi connectivity index (χ3v) is 6.49. The quantitative estimate of drug-likeness (QED) is 0.694. The second-order valence-electron chi connectivity index (χ2n) is 4.13. The molecular formula is C13H13Br2NO2S2. The van der Waals surface area contributed by atoms with Crippen LogP contribution in [-0.4, -0.2) is 15.0 Å². The summed E-state index contributed by atoms with van der Waals surface area (Å²) in [4.78, 5) is 1.45. The molecule has 0 fully saturated rings. The number of hydrogen-bond acceptors (Lipinski definition) is 3. The summed E-state index contributed by atoms with van der Waals surface area (Å²) in [6, 6.07) is 10.8. The highest BCUT2D eigenvalue weighted by Gasteiger charge is 2.13. The lowest BCUT2D eigenvalue weighted by Gasteiger charge is -2.06. The van der Waals surface area contributed by atoms with Crippen molar-refractivity contribution in [3.8, 4) is 0 Å². The topological polar surface area (TPSA) is 46.2 Å². The third kappa shape index (κ3) is 4.39. The van der Waals surface area contributed by atoms with Crippen molar-refractivity contribution in [3.63, 3.8) is 0 Å². The molecule has 1 aromatic carbocycles. The van der Waals surface area contributed by atoms with Crippen LogP contribution in [-0.2, 0) is 21.8 Å². The molecule has 1 aromatic heterocycles. The lowest BCUT2D eigenvalue weighted by molar-refractivity contribution is 0.582. The molecule has 2 aromatic rings. The smallest absolute Gasteiger partial charge is 0.211 e. The summed E-state index contributed by atoms with van der Waals surface area (Å²) >= 11 is 8.34. The minimum absolute atomic E-state index is 0.301. The van der Waals surface area contributed by atoms with E-state index in [2.05, 4.69) is 36.6 Å². The van der Waals surface area contributed by atoms with Crippen LogP contribution in [0.2, 0.25) is 0 Å². The first-order valence-electron chi connectivity index (χ1n) is 5.90. The summed E-state index contributed by atoms with van der Waals surface area (Å²) < 4.78 is 27.9. The van der Waals surface area contributed by atoms with E-state index in [1.54, 1.807) is 35.6 Å². The lowest BCUT2D eigenvalue weighted by atomic mass is 10.2. The van der Waals surface area contributed by atoms with Gasteiger partial charge in [-0.3, -0.25) is 0 Å². The molecule has 0 aliphatic heterocycles. The summed E-state index contributed by atoms with van der Waals surface area (Å²) in [6.07, 6.45) is 0.689. The molecule has 0 unspecified atom stereocenters. The van der Waals surface area contributed by atoms with Gasteiger partial charge in [-0.05, 0) is 52.2 Å². The number of hydrogen-bond donors (Lipinski definition) is 1. The van der Waals surface area contributed by atoms with Gasteiger partial charge in [0.05, 0.1) is 8.68 Å². The van der Waals surface area contributed by atoms with E-state index in [4.69, 9.17) is 0 Å². The minimum atomic E-state index is -3.42. The second kappa shape index (κ2) is 7.17. The highest BCUT2D eigenvalue weighted by Crippen LogP contribution is 2.22. The number of rotatable bonds is 6. The van der Waals surface area contributed by atoms with Crippen LogP contribution in [0.3, 0.4) is 0 Å². The molecule has 0 saturated carbocycles. The van der Waals surface area contributed by atoms with E-state index >= 15 is 0 Å². The van der Waals surface area contributed by atoms with Crippen LogP contribution in [0.4, 0.5) is 0 Å². The number of sulfonamides is 1. The Morgan fingerprint density at radius 1 is 1.10 bits per heavy atom. The van der Waals surface area contributed by atoms with Gasteiger partial charge in [0.1, 0.15) is 0 Å². The van der Waals surface area contributed by atoms with Crippen LogP contribution < -0.4 is 4.72 Å². The average Bonchev–Trinajstić information content (AvgIpc) is 2.84. The zero-order valence-electron chi connectivity index (χ0n) is 10.5. The van der Waals surface area contributed by atoms with Gasteiger partial charge in [-0.15, -0.1) is 11.3 Å². The van der Waals surface area contributed by atoms with Gasteiger partial charge in [-0.1, -0.05) is 28.1 Å². The summed E-state index contributed by atoms with van der Waals surface area (Å²) in [7, 11) is -3.42. The lowest BCUT2D eigenvalue weighted by Crippen LogP contribution is -2.25. The fourth-order valence-corrected chi connectivity index (χ4v) is 4.52. The Bertz CT molecular complexity index is 666. The minimum Gasteiger partial charge on any atom is -0.211 e. The standard InChI is InChI=1S/C13H13Br2NO2S2/c14-9-10-1-4-12(5-2-10)20(17,18)16-8-7-11-3-6-13(15)19-11/h1-6,16H,7-9H2. The Morgan fingerprint density at radius 3 is 2.35 bits per heavy atom. The van der Waals surface area contributed by atoms with Gasteiger partial charge in [0.2, 0.25) is 10.0 Å². The SMILES string of the molecule is O=S(=O)(NCCc1ccc(Br)s1)c1ccc(CBr)cc1. The molecule has 0 amide bonds. The van der Waals surface area contributed by atoms with Crippen molar-refractivity contribution in [1.29, 1.82) is 0 Å². The maximum absolute atomic E-state index is 12.1. The molecule has 1 heterocycles. The summed E-state index contributed by atoms with van der Waals surface area (Å²) in [5, 5.41) is 0.716. The van der Waals surface area contributed by atoms with Gasteiger partial charge in [0.25, 0.3) is 0 Å². The van der Waals surface area contributed by atoms with E-state index in [1.165, 1.54) is 0 Å². The van der Waals surface area contributed by atoms with E-state index in [1.807, 2.05) is 12.1 Å². The predicted molar refractivity (Wildman–Crippen MR) is 90.0 cm³/mol. The number of halogens is 2. The molecule has 2 rings (SSSR count). The fraction of sp³-hybridized carbons (Fsp3) is 0.231. The molecule has 0 saturated heterocycles. The Morgan fingerprint density at radius 2 is 1.80 bits per heavy atom. The number of nitrogens with one attached hydrogen (secondary N) is 1. The van der Waals surface area contributed by atoms with Gasteiger partial charge < -0.3 is 0 Å². The molecule has 0 spiro atoms. The molecule has 1 N–H and O–H groups in total. The first kappa shape index (κ1) is 16.2. The van der Waals surface area contributed by atoms with Crippen molar-refractivity contribution < 1.29 is 8.42 Å². The molecule has 3 nitrogen and oxygen atoms in total. The van der Waals surface area contributed by atoms with Crippen molar-refractivity contribution in [2.24, 2.45) is 0 Å². The van der Waals surface area contributed by atoms with E-state index in [9.17, 15) is 8.42 Å². The zero-order valence-corrected chi connectivity index (χ0v) is 15.3. The number of alkyl halides is 1. The third-order valence-electron chi connectivity index (χ3n) is 2.68. The van der Waals surface area contributed by atoms with Gasteiger partial charge >= 0.3 is 0 Å². The molecule has 20 heavy (non-hydrogen) atoms. The first-order chi connectivity index (χ1) is 9.51. The Kier molecular flexibility index (Phi) is 5.80. The molecule has 0 aliphatic carbocycles. The molecule has 0 bridgehead atoms. The van der Waals surface area contributed by atoms with Crippen molar-refractivity contribution in [2.75, 3.05) is 6.54 Å². The summed E-state index contributed by atoms with van der Waals surface area (Å²) in [5.41, 5.74) is 1.05. The molecule has 0 radical (unpaired) electrons. The first-order valence-corrected chi connectivity index (χ1v) is 10.1. The van der Waals surface area contributed by atoms with Crippen molar-refractivity contribution in [2.45, 2.75) is 16.6 Å². The van der Waals surface area contributed by atoms with E-state index in [0.29, 0.717) is 23.2 Å². The largest absolute Gasteiger partial charge is 0.240 e. The average molecular weight is 439 g/mol. The predicted octanol–water partition coefficient (Wildman–Crippen LogP) is 3.93. The van der Waals surface area contributed by atoms with Crippen LogP contribution in [0, 0.1) is 0 Å². The normalized spacial score (nSPS) is 11.7. The van der Waals surface area contributed by atoms with Crippen molar-refractivity contribution >= 4 is 53.2 Å². The second-order valence-corrected chi connectivity index (χ2v) is 9.01. The van der Waals surface area contributed by atoms with Crippen LogP contribution in [0.15, 0.2) is 45.1 Å². The Labute approximate surface area is 139 Å². The number of thiophene rings is 1. The van der Waals surface area contributed by atoms with E-state index in [0.717, 1.165) is 14.2 Å². The van der Waals surface area contributed by atoms with Crippen molar-refractivity contribution in [3.05, 3.63) is 50.6 Å². The molecule has 108 valence electrons. The number of benzene rings is 1. The maximum atomic E-state index is 12.1. The van der Waals surface area contributed by atoms with Gasteiger partial charge in [-0.25, -0.2) is 13.1 Å². The van der Waals surface area contributed by atoms with Gasteiger partial charge in [-0.2, -0.15) is 0 Å². The molecule has 0 atom stereocenters. The Balaban J connectivity index is 1.96. The molecule has 0 aliphatic rings. The fourth-order valence-electron chi connectivity index (χ4n) is 1.64. The molecule has 7 heteroatoms. The summed E-state index contributed by atoms with van der Waals surface area (Å²) in [5.74, 6) is 0.